The summed E-state index contributed by atoms with van der Waals surface area (Å²) in [7, 11) is 0. The average Bonchev–Trinajstić information content (AvgIpc) is 2.38. The van der Waals surface area contributed by atoms with Gasteiger partial charge in [-0.05, 0) is 24.7 Å². The minimum absolute atomic E-state index is 0.104. The van der Waals surface area contributed by atoms with E-state index in [2.05, 4.69) is 27.7 Å². The standard InChI is InChI=1S/C19H38O2/c1-16(2)12-8-6-5-7-9-14-18(19(20)21)15-11-10-13-17(3)4/h16-18H,5-15H2,1-4H3,(H,20,21). The van der Waals surface area contributed by atoms with E-state index in [1.54, 1.807) is 0 Å². The molecule has 2 nitrogen and oxygen atoms in total. The maximum atomic E-state index is 11.3. The minimum Gasteiger partial charge on any atom is -0.481 e. The molecule has 2 heteroatoms. The zero-order valence-electron chi connectivity index (χ0n) is 14.9. The summed E-state index contributed by atoms with van der Waals surface area (Å²) in [6.45, 7) is 9.01. The molecule has 0 aliphatic rings. The third kappa shape index (κ3) is 14.2. The molecule has 0 aromatic heterocycles. The zero-order valence-corrected chi connectivity index (χ0v) is 14.9. The van der Waals surface area contributed by atoms with E-state index in [1.807, 2.05) is 0 Å². The van der Waals surface area contributed by atoms with Crippen LogP contribution in [0.1, 0.15) is 98.3 Å². The quantitative estimate of drug-likeness (QED) is 0.383. The summed E-state index contributed by atoms with van der Waals surface area (Å²) in [5, 5.41) is 9.28. The first-order valence-corrected chi connectivity index (χ1v) is 9.16. The molecule has 0 bridgehead atoms. The first-order valence-electron chi connectivity index (χ1n) is 9.16. The van der Waals surface area contributed by atoms with Crippen LogP contribution in [0.4, 0.5) is 0 Å². The van der Waals surface area contributed by atoms with Crippen LogP contribution in [-0.4, -0.2) is 11.1 Å². The van der Waals surface area contributed by atoms with E-state index in [0.29, 0.717) is 0 Å². The van der Waals surface area contributed by atoms with Gasteiger partial charge in [0.15, 0.2) is 0 Å². The van der Waals surface area contributed by atoms with Crippen LogP contribution in [0, 0.1) is 17.8 Å². The topological polar surface area (TPSA) is 37.3 Å². The summed E-state index contributed by atoms with van der Waals surface area (Å²) in [6, 6.07) is 0. The van der Waals surface area contributed by atoms with E-state index < -0.39 is 5.97 Å². The molecule has 21 heavy (non-hydrogen) atoms. The number of carboxylic acid groups (broad SMARTS) is 1. The fourth-order valence-corrected chi connectivity index (χ4v) is 2.81. The number of hydrogen-bond acceptors (Lipinski definition) is 1. The van der Waals surface area contributed by atoms with E-state index in [1.165, 1.54) is 44.9 Å². The van der Waals surface area contributed by atoms with E-state index >= 15 is 0 Å². The molecule has 1 unspecified atom stereocenters. The molecule has 0 radical (unpaired) electrons. The summed E-state index contributed by atoms with van der Waals surface area (Å²) in [5.41, 5.74) is 0. The average molecular weight is 299 g/mol. The fourth-order valence-electron chi connectivity index (χ4n) is 2.81. The molecule has 0 fully saturated rings. The van der Waals surface area contributed by atoms with Crippen molar-refractivity contribution in [2.24, 2.45) is 17.8 Å². The van der Waals surface area contributed by atoms with Crippen molar-refractivity contribution in [1.82, 2.24) is 0 Å². The van der Waals surface area contributed by atoms with E-state index in [9.17, 15) is 9.90 Å². The maximum Gasteiger partial charge on any atom is 0.306 e. The molecule has 0 saturated heterocycles. The lowest BCUT2D eigenvalue weighted by Crippen LogP contribution is -2.13. The lowest BCUT2D eigenvalue weighted by Gasteiger charge is -2.12. The van der Waals surface area contributed by atoms with Crippen molar-refractivity contribution in [3.05, 3.63) is 0 Å². The lowest BCUT2D eigenvalue weighted by atomic mass is 9.93. The minimum atomic E-state index is -0.584. The Bertz CT molecular complexity index is 246. The molecule has 0 aromatic carbocycles. The van der Waals surface area contributed by atoms with Gasteiger partial charge in [0.25, 0.3) is 0 Å². The van der Waals surface area contributed by atoms with Gasteiger partial charge in [-0.2, -0.15) is 0 Å². The third-order valence-electron chi connectivity index (χ3n) is 4.27. The molecule has 1 N–H and O–H groups in total. The molecule has 1 atom stereocenters. The Balaban J connectivity index is 3.59. The second kappa shape index (κ2) is 13.2. The molecule has 0 rings (SSSR count). The molecule has 126 valence electrons. The summed E-state index contributed by atoms with van der Waals surface area (Å²) in [4.78, 5) is 11.3. The van der Waals surface area contributed by atoms with Gasteiger partial charge in [0.05, 0.1) is 5.92 Å². The van der Waals surface area contributed by atoms with Gasteiger partial charge in [-0.25, -0.2) is 0 Å². The van der Waals surface area contributed by atoms with Crippen molar-refractivity contribution >= 4 is 5.97 Å². The van der Waals surface area contributed by atoms with Crippen molar-refractivity contribution in [2.45, 2.75) is 98.3 Å². The lowest BCUT2D eigenvalue weighted by molar-refractivity contribution is -0.142. The normalized spacial score (nSPS) is 13.0. The van der Waals surface area contributed by atoms with E-state index in [4.69, 9.17) is 0 Å². The maximum absolute atomic E-state index is 11.3. The monoisotopic (exact) mass is 298 g/mol. The smallest absolute Gasteiger partial charge is 0.306 e. The van der Waals surface area contributed by atoms with Crippen LogP contribution in [0.3, 0.4) is 0 Å². The number of unbranched alkanes of at least 4 members (excludes halogenated alkanes) is 5. The van der Waals surface area contributed by atoms with Crippen LogP contribution in [0.15, 0.2) is 0 Å². The number of carbonyl (C=O) groups is 1. The first-order chi connectivity index (χ1) is 9.93. The van der Waals surface area contributed by atoms with Crippen LogP contribution in [-0.2, 0) is 4.79 Å². The largest absolute Gasteiger partial charge is 0.481 e. The Morgan fingerprint density at radius 1 is 0.667 bits per heavy atom. The van der Waals surface area contributed by atoms with Crippen LogP contribution >= 0.6 is 0 Å². The Hall–Kier alpha value is -0.530. The number of rotatable bonds is 14. The molecule has 0 amide bonds. The Morgan fingerprint density at radius 2 is 1.00 bits per heavy atom. The van der Waals surface area contributed by atoms with Crippen molar-refractivity contribution in [3.63, 3.8) is 0 Å². The van der Waals surface area contributed by atoms with Gasteiger partial charge >= 0.3 is 5.97 Å². The summed E-state index contributed by atoms with van der Waals surface area (Å²) < 4.78 is 0. The highest BCUT2D eigenvalue weighted by Gasteiger charge is 2.16. The second-order valence-electron chi connectivity index (χ2n) is 7.45. The Labute approximate surface area is 132 Å². The van der Waals surface area contributed by atoms with Crippen LogP contribution in [0.25, 0.3) is 0 Å². The van der Waals surface area contributed by atoms with Crippen LogP contribution in [0.2, 0.25) is 0 Å². The highest BCUT2D eigenvalue weighted by molar-refractivity contribution is 5.69. The third-order valence-corrected chi connectivity index (χ3v) is 4.27. The Morgan fingerprint density at radius 3 is 1.43 bits per heavy atom. The van der Waals surface area contributed by atoms with Gasteiger partial charge in [-0.1, -0.05) is 85.5 Å². The van der Waals surface area contributed by atoms with Gasteiger partial charge in [-0.3, -0.25) is 4.79 Å². The SMILES string of the molecule is CC(C)CCCCCCCC(CCCCC(C)C)C(=O)O. The van der Waals surface area contributed by atoms with E-state index in [-0.39, 0.29) is 5.92 Å². The first kappa shape index (κ1) is 20.5. The molecule has 0 saturated carbocycles. The fraction of sp³-hybridized carbons (Fsp3) is 0.947. The van der Waals surface area contributed by atoms with Crippen LogP contribution in [0.5, 0.6) is 0 Å². The molecular formula is C19H38O2. The van der Waals surface area contributed by atoms with Crippen molar-refractivity contribution in [3.8, 4) is 0 Å². The van der Waals surface area contributed by atoms with Gasteiger partial charge < -0.3 is 5.11 Å². The predicted octanol–water partition coefficient (Wildman–Crippen LogP) is 6.29. The highest BCUT2D eigenvalue weighted by Crippen LogP contribution is 2.20. The number of aliphatic carboxylic acids is 1. The van der Waals surface area contributed by atoms with Crippen molar-refractivity contribution in [1.29, 1.82) is 0 Å². The molecule has 0 aliphatic carbocycles. The molecule has 0 spiro atoms. The predicted molar refractivity (Wildman–Crippen MR) is 91.6 cm³/mol. The van der Waals surface area contributed by atoms with Crippen molar-refractivity contribution < 1.29 is 9.90 Å². The summed E-state index contributed by atoms with van der Waals surface area (Å²) >= 11 is 0. The molecular weight excluding hydrogens is 260 g/mol. The van der Waals surface area contributed by atoms with Gasteiger partial charge in [0.2, 0.25) is 0 Å². The molecule has 0 aromatic rings. The zero-order chi connectivity index (χ0) is 16.1. The summed E-state index contributed by atoms with van der Waals surface area (Å²) in [5.74, 6) is 0.860. The molecule has 0 aliphatic heterocycles. The van der Waals surface area contributed by atoms with E-state index in [0.717, 1.165) is 37.5 Å². The highest BCUT2D eigenvalue weighted by atomic mass is 16.4. The number of hydrogen-bond donors (Lipinski definition) is 1. The second-order valence-corrected chi connectivity index (χ2v) is 7.45. The van der Waals surface area contributed by atoms with Crippen molar-refractivity contribution in [2.75, 3.05) is 0 Å². The van der Waals surface area contributed by atoms with Gasteiger partial charge in [0, 0.05) is 0 Å². The Kier molecular flexibility index (Phi) is 12.8. The number of carboxylic acids is 1. The van der Waals surface area contributed by atoms with Crippen LogP contribution < -0.4 is 0 Å². The molecule has 0 heterocycles. The van der Waals surface area contributed by atoms with Gasteiger partial charge in [-0.15, -0.1) is 0 Å². The summed E-state index contributed by atoms with van der Waals surface area (Å²) in [6.07, 6.45) is 12.7. The van der Waals surface area contributed by atoms with Gasteiger partial charge in [0.1, 0.15) is 0 Å².